The Morgan fingerprint density at radius 3 is 2.48 bits per heavy atom. The van der Waals surface area contributed by atoms with E-state index in [4.69, 9.17) is 14.2 Å². The Morgan fingerprint density at radius 2 is 1.80 bits per heavy atom. The molecule has 25 heavy (non-hydrogen) atoms. The molecule has 2 aliphatic rings. The number of Topliss-reactive ketones (excluding diaryl/α,β-unsaturated/α-hetero) is 2. The number of carbonyl (C=O) groups excluding carboxylic acids is 2. The molecule has 1 aromatic carbocycles. The zero-order chi connectivity index (χ0) is 18.0. The van der Waals surface area contributed by atoms with Crippen molar-refractivity contribution < 1.29 is 23.8 Å². The van der Waals surface area contributed by atoms with Crippen LogP contribution in [0.25, 0.3) is 0 Å². The molecule has 0 spiro atoms. The topological polar surface area (TPSA) is 61.8 Å². The number of ether oxygens (including phenoxy) is 3. The molecule has 0 saturated heterocycles. The van der Waals surface area contributed by atoms with Gasteiger partial charge in [-0.15, -0.1) is 0 Å². The Hall–Kier alpha value is -2.30. The number of carbonyl (C=O) groups is 2. The fourth-order valence-corrected chi connectivity index (χ4v) is 3.51. The number of rotatable bonds is 7. The minimum absolute atomic E-state index is 0.0490. The van der Waals surface area contributed by atoms with E-state index in [9.17, 15) is 9.59 Å². The quantitative estimate of drug-likeness (QED) is 0.707. The molecule has 134 valence electrons. The van der Waals surface area contributed by atoms with Gasteiger partial charge in [-0.2, -0.15) is 0 Å². The monoisotopic (exact) mass is 344 g/mol. The highest BCUT2D eigenvalue weighted by atomic mass is 16.7. The Balaban J connectivity index is 1.72. The van der Waals surface area contributed by atoms with Crippen LogP contribution in [-0.4, -0.2) is 24.0 Å². The molecule has 0 radical (unpaired) electrons. The highest BCUT2D eigenvalue weighted by molar-refractivity contribution is 6.03. The predicted octanol–water partition coefficient (Wildman–Crippen LogP) is 3.60. The minimum Gasteiger partial charge on any atom is -0.490 e. The molecule has 2 heterocycles. The lowest BCUT2D eigenvalue weighted by atomic mass is 9.79. The fraction of sp³-hybridized carbons (Fsp3) is 0.500. The lowest BCUT2D eigenvalue weighted by molar-refractivity contribution is -0.143. The van der Waals surface area contributed by atoms with Gasteiger partial charge < -0.3 is 14.2 Å². The summed E-state index contributed by atoms with van der Waals surface area (Å²) in [7, 11) is 0. The van der Waals surface area contributed by atoms with Gasteiger partial charge in [0.1, 0.15) is 23.1 Å². The number of benzene rings is 1. The van der Waals surface area contributed by atoms with Gasteiger partial charge in [-0.05, 0) is 30.7 Å². The van der Waals surface area contributed by atoms with E-state index in [1.165, 1.54) is 0 Å². The smallest absolute Gasteiger partial charge is 0.231 e. The van der Waals surface area contributed by atoms with E-state index >= 15 is 0 Å². The lowest BCUT2D eigenvalue weighted by Crippen LogP contribution is -2.44. The van der Waals surface area contributed by atoms with Crippen LogP contribution in [0.1, 0.15) is 45.6 Å². The largest absolute Gasteiger partial charge is 0.490 e. The van der Waals surface area contributed by atoms with Crippen molar-refractivity contribution in [2.24, 2.45) is 5.92 Å². The van der Waals surface area contributed by atoms with Crippen LogP contribution in [0.3, 0.4) is 0 Å². The van der Waals surface area contributed by atoms with Crippen LogP contribution < -0.4 is 9.47 Å². The second kappa shape index (κ2) is 6.90. The van der Waals surface area contributed by atoms with E-state index in [-0.39, 0.29) is 18.4 Å². The first-order valence-corrected chi connectivity index (χ1v) is 8.79. The molecule has 1 atom stereocenters. The third-order valence-corrected chi connectivity index (χ3v) is 4.87. The van der Waals surface area contributed by atoms with Crippen LogP contribution in [0.5, 0.6) is 11.5 Å². The van der Waals surface area contributed by atoms with Crippen LogP contribution in [0, 0.1) is 5.92 Å². The van der Waals surface area contributed by atoms with Gasteiger partial charge in [0.05, 0.1) is 5.76 Å². The van der Waals surface area contributed by atoms with Crippen molar-refractivity contribution >= 4 is 11.6 Å². The van der Waals surface area contributed by atoms with Crippen LogP contribution in [0.15, 0.2) is 30.0 Å². The normalized spacial score (nSPS) is 21.2. The second-order valence-corrected chi connectivity index (χ2v) is 6.73. The first kappa shape index (κ1) is 17.5. The molecule has 0 amide bonds. The van der Waals surface area contributed by atoms with Crippen LogP contribution in [0.2, 0.25) is 0 Å². The summed E-state index contributed by atoms with van der Waals surface area (Å²) in [4.78, 5) is 24.7. The van der Waals surface area contributed by atoms with E-state index in [1.54, 1.807) is 13.8 Å². The maximum absolute atomic E-state index is 12.3. The Bertz CT molecular complexity index is 705. The highest BCUT2D eigenvalue weighted by Crippen LogP contribution is 2.39. The molecular weight excluding hydrogens is 320 g/mol. The summed E-state index contributed by atoms with van der Waals surface area (Å²) in [6.45, 7) is 5.69. The molecule has 0 fully saturated rings. The molecule has 0 saturated carbocycles. The molecule has 3 rings (SSSR count). The minimum atomic E-state index is -0.786. The molecule has 0 aromatic heterocycles. The van der Waals surface area contributed by atoms with Gasteiger partial charge in [-0.1, -0.05) is 19.9 Å². The Kier molecular flexibility index (Phi) is 4.84. The van der Waals surface area contributed by atoms with Crippen molar-refractivity contribution in [1.82, 2.24) is 0 Å². The standard InChI is InChI=1S/C20H24O5/c1-4-15(21)19(16(22)5-2)20(3)9-8-14(25-20)10-13-6-7-17-18(11-13)24-12-23-17/h6-8,11,19H,4-5,9-10,12H2,1-3H3. The Morgan fingerprint density at radius 1 is 1.12 bits per heavy atom. The zero-order valence-corrected chi connectivity index (χ0v) is 15.0. The van der Waals surface area contributed by atoms with Crippen molar-refractivity contribution in [2.75, 3.05) is 6.79 Å². The van der Waals surface area contributed by atoms with Crippen LogP contribution in [0.4, 0.5) is 0 Å². The summed E-state index contributed by atoms with van der Waals surface area (Å²) in [5.74, 6) is 1.47. The molecule has 0 bridgehead atoms. The lowest BCUT2D eigenvalue weighted by Gasteiger charge is -2.32. The van der Waals surface area contributed by atoms with Crippen LogP contribution in [-0.2, 0) is 20.7 Å². The van der Waals surface area contributed by atoms with Gasteiger partial charge in [0.25, 0.3) is 0 Å². The molecular formula is C20H24O5. The summed E-state index contributed by atoms with van der Waals surface area (Å²) in [5, 5.41) is 0. The van der Waals surface area contributed by atoms with E-state index in [2.05, 4.69) is 0 Å². The molecule has 1 unspecified atom stereocenters. The number of fused-ring (bicyclic) bond motifs is 1. The maximum atomic E-state index is 12.3. The average Bonchev–Trinajstić information content (AvgIpc) is 3.21. The van der Waals surface area contributed by atoms with Gasteiger partial charge >= 0.3 is 0 Å². The third-order valence-electron chi connectivity index (χ3n) is 4.87. The molecule has 1 aromatic rings. The molecule has 5 nitrogen and oxygen atoms in total. The molecule has 5 heteroatoms. The van der Waals surface area contributed by atoms with Gasteiger partial charge in [0, 0.05) is 25.7 Å². The SMILES string of the molecule is CCC(=O)C(C(=O)CC)C1(C)CC=C(Cc2ccc3c(c2)OCO3)O1. The van der Waals surface area contributed by atoms with Crippen molar-refractivity contribution in [3.63, 3.8) is 0 Å². The van der Waals surface area contributed by atoms with E-state index < -0.39 is 11.5 Å². The number of hydrogen-bond acceptors (Lipinski definition) is 5. The maximum Gasteiger partial charge on any atom is 0.231 e. The third kappa shape index (κ3) is 3.41. The summed E-state index contributed by atoms with van der Waals surface area (Å²) in [6, 6.07) is 5.80. The van der Waals surface area contributed by atoms with E-state index in [0.29, 0.717) is 25.7 Å². The van der Waals surface area contributed by atoms with Gasteiger partial charge in [-0.25, -0.2) is 0 Å². The van der Waals surface area contributed by atoms with Gasteiger partial charge in [-0.3, -0.25) is 9.59 Å². The summed E-state index contributed by atoms with van der Waals surface area (Å²) < 4.78 is 16.9. The van der Waals surface area contributed by atoms with Crippen molar-refractivity contribution in [1.29, 1.82) is 0 Å². The molecule has 0 aliphatic carbocycles. The summed E-state index contributed by atoms with van der Waals surface area (Å²) in [6.07, 6.45) is 3.83. The highest BCUT2D eigenvalue weighted by Gasteiger charge is 2.46. The van der Waals surface area contributed by atoms with Crippen molar-refractivity contribution in [3.05, 3.63) is 35.6 Å². The van der Waals surface area contributed by atoms with Crippen molar-refractivity contribution in [3.8, 4) is 11.5 Å². The van der Waals surface area contributed by atoms with E-state index in [0.717, 1.165) is 22.8 Å². The average molecular weight is 344 g/mol. The van der Waals surface area contributed by atoms with Gasteiger partial charge in [0.2, 0.25) is 6.79 Å². The zero-order valence-electron chi connectivity index (χ0n) is 15.0. The molecule has 2 aliphatic heterocycles. The van der Waals surface area contributed by atoms with Crippen LogP contribution >= 0.6 is 0 Å². The summed E-state index contributed by atoms with van der Waals surface area (Å²) in [5.41, 5.74) is 0.256. The second-order valence-electron chi connectivity index (χ2n) is 6.73. The fourth-order valence-electron chi connectivity index (χ4n) is 3.51. The summed E-state index contributed by atoms with van der Waals surface area (Å²) >= 11 is 0. The van der Waals surface area contributed by atoms with Gasteiger partial charge in [0.15, 0.2) is 11.5 Å². The first-order chi connectivity index (χ1) is 12.0. The predicted molar refractivity (Wildman–Crippen MR) is 92.5 cm³/mol. The van der Waals surface area contributed by atoms with Crippen molar-refractivity contribution in [2.45, 2.75) is 52.1 Å². The number of ketones is 2. The molecule has 0 N–H and O–H groups in total. The number of hydrogen-bond donors (Lipinski definition) is 0. The van der Waals surface area contributed by atoms with E-state index in [1.807, 2.05) is 31.2 Å². The Labute approximate surface area is 148 Å². The number of allylic oxidation sites excluding steroid dienone is 1. The first-order valence-electron chi connectivity index (χ1n) is 8.79.